The molecule has 0 N–H and O–H groups in total. The fourth-order valence-corrected chi connectivity index (χ4v) is 2.06. The van der Waals surface area contributed by atoms with Gasteiger partial charge in [-0.15, -0.1) is 0 Å². The van der Waals surface area contributed by atoms with E-state index in [4.69, 9.17) is 11.6 Å². The van der Waals surface area contributed by atoms with E-state index in [1.165, 1.54) is 29.8 Å². The van der Waals surface area contributed by atoms with Crippen LogP contribution in [0.3, 0.4) is 0 Å². The first-order chi connectivity index (χ1) is 9.61. The zero-order chi connectivity index (χ0) is 14.5. The van der Waals surface area contributed by atoms with Crippen molar-refractivity contribution in [3.63, 3.8) is 0 Å². The van der Waals surface area contributed by atoms with Gasteiger partial charge < -0.3 is 0 Å². The van der Waals surface area contributed by atoms with E-state index in [9.17, 15) is 9.18 Å². The number of halogens is 2. The van der Waals surface area contributed by atoms with E-state index in [2.05, 4.69) is 6.92 Å². The third-order valence-electron chi connectivity index (χ3n) is 3.05. The van der Waals surface area contributed by atoms with E-state index in [0.717, 1.165) is 6.42 Å². The SMILES string of the molecule is CCc1ccc(C(=O)/C=C/c2c(F)cccc2Cl)cc1. The van der Waals surface area contributed by atoms with Crippen molar-refractivity contribution in [2.75, 3.05) is 0 Å². The van der Waals surface area contributed by atoms with Gasteiger partial charge in [0.15, 0.2) is 5.78 Å². The van der Waals surface area contributed by atoms with Crippen LogP contribution in [0.4, 0.5) is 4.39 Å². The number of benzene rings is 2. The predicted octanol–water partition coefficient (Wildman–Crippen LogP) is 4.94. The average molecular weight is 289 g/mol. The fourth-order valence-electron chi connectivity index (χ4n) is 1.83. The molecule has 0 saturated carbocycles. The summed E-state index contributed by atoms with van der Waals surface area (Å²) in [5, 5.41) is 0.287. The Morgan fingerprint density at radius 1 is 1.20 bits per heavy atom. The third-order valence-corrected chi connectivity index (χ3v) is 3.38. The molecule has 0 aliphatic carbocycles. The monoisotopic (exact) mass is 288 g/mol. The second kappa shape index (κ2) is 6.49. The molecule has 0 aliphatic heterocycles. The summed E-state index contributed by atoms with van der Waals surface area (Å²) in [4.78, 5) is 12.0. The zero-order valence-corrected chi connectivity index (χ0v) is 11.8. The molecule has 2 aromatic carbocycles. The van der Waals surface area contributed by atoms with Crippen molar-refractivity contribution >= 4 is 23.5 Å². The van der Waals surface area contributed by atoms with E-state index >= 15 is 0 Å². The van der Waals surface area contributed by atoms with E-state index in [1.807, 2.05) is 12.1 Å². The maximum Gasteiger partial charge on any atom is 0.185 e. The number of allylic oxidation sites excluding steroid dienone is 1. The molecule has 2 aromatic rings. The van der Waals surface area contributed by atoms with Gasteiger partial charge in [-0.1, -0.05) is 48.9 Å². The van der Waals surface area contributed by atoms with E-state index in [1.54, 1.807) is 18.2 Å². The molecule has 102 valence electrons. The van der Waals surface area contributed by atoms with Crippen LogP contribution in [-0.2, 0) is 6.42 Å². The van der Waals surface area contributed by atoms with Crippen LogP contribution >= 0.6 is 11.6 Å². The van der Waals surface area contributed by atoms with Crippen molar-refractivity contribution in [1.82, 2.24) is 0 Å². The summed E-state index contributed by atoms with van der Waals surface area (Å²) in [7, 11) is 0. The summed E-state index contributed by atoms with van der Waals surface area (Å²) in [5.74, 6) is -0.616. The smallest absolute Gasteiger partial charge is 0.185 e. The van der Waals surface area contributed by atoms with Crippen molar-refractivity contribution in [2.24, 2.45) is 0 Å². The molecule has 3 heteroatoms. The van der Waals surface area contributed by atoms with Gasteiger partial charge in [0.05, 0.1) is 5.02 Å². The van der Waals surface area contributed by atoms with Gasteiger partial charge >= 0.3 is 0 Å². The van der Waals surface area contributed by atoms with Crippen molar-refractivity contribution in [1.29, 1.82) is 0 Å². The van der Waals surface area contributed by atoms with Crippen molar-refractivity contribution < 1.29 is 9.18 Å². The topological polar surface area (TPSA) is 17.1 Å². The molecule has 2 rings (SSSR count). The Labute approximate surface area is 122 Å². The van der Waals surface area contributed by atoms with Crippen LogP contribution in [0.2, 0.25) is 5.02 Å². The third kappa shape index (κ3) is 3.34. The number of aryl methyl sites for hydroxylation is 1. The summed E-state index contributed by atoms with van der Waals surface area (Å²) < 4.78 is 13.6. The molecule has 0 fully saturated rings. The Kier molecular flexibility index (Phi) is 4.70. The number of hydrogen-bond acceptors (Lipinski definition) is 1. The summed E-state index contributed by atoms with van der Waals surface area (Å²) in [5.41, 5.74) is 1.97. The highest BCUT2D eigenvalue weighted by atomic mass is 35.5. The molecule has 0 saturated heterocycles. The van der Waals surface area contributed by atoms with Gasteiger partial charge in [-0.05, 0) is 36.3 Å². The number of carbonyl (C=O) groups is 1. The summed E-state index contributed by atoms with van der Waals surface area (Å²) in [6.45, 7) is 2.05. The maximum atomic E-state index is 13.6. The van der Waals surface area contributed by atoms with Crippen molar-refractivity contribution in [3.05, 3.63) is 76.1 Å². The zero-order valence-electron chi connectivity index (χ0n) is 11.1. The maximum absolute atomic E-state index is 13.6. The number of rotatable bonds is 4. The summed E-state index contributed by atoms with van der Waals surface area (Å²) in [6.07, 6.45) is 3.67. The van der Waals surface area contributed by atoms with Crippen LogP contribution in [0, 0.1) is 5.82 Å². The van der Waals surface area contributed by atoms with E-state index in [-0.39, 0.29) is 16.4 Å². The van der Waals surface area contributed by atoms with Gasteiger partial charge in [-0.3, -0.25) is 4.79 Å². The number of hydrogen-bond donors (Lipinski definition) is 0. The molecule has 0 radical (unpaired) electrons. The lowest BCUT2D eigenvalue weighted by Crippen LogP contribution is -1.95. The van der Waals surface area contributed by atoms with E-state index < -0.39 is 5.82 Å². The minimum atomic E-state index is -0.442. The van der Waals surface area contributed by atoms with Gasteiger partial charge in [-0.25, -0.2) is 4.39 Å². The molecule has 0 spiro atoms. The van der Waals surface area contributed by atoms with Gasteiger partial charge in [0.1, 0.15) is 5.82 Å². The molecule has 0 aromatic heterocycles. The van der Waals surface area contributed by atoms with Crippen molar-refractivity contribution in [2.45, 2.75) is 13.3 Å². The lowest BCUT2D eigenvalue weighted by atomic mass is 10.1. The van der Waals surface area contributed by atoms with Gasteiger partial charge in [0.2, 0.25) is 0 Å². The Morgan fingerprint density at radius 3 is 2.50 bits per heavy atom. The predicted molar refractivity (Wildman–Crippen MR) is 80.6 cm³/mol. The number of ketones is 1. The fraction of sp³-hybridized carbons (Fsp3) is 0.118. The van der Waals surface area contributed by atoms with Crippen LogP contribution in [0.15, 0.2) is 48.5 Å². The van der Waals surface area contributed by atoms with Crippen LogP contribution in [-0.4, -0.2) is 5.78 Å². The van der Waals surface area contributed by atoms with Crippen molar-refractivity contribution in [3.8, 4) is 0 Å². The molecule has 0 aliphatic rings. The molecule has 20 heavy (non-hydrogen) atoms. The molecule has 0 unspecified atom stereocenters. The Hall–Kier alpha value is -1.93. The highest BCUT2D eigenvalue weighted by Gasteiger charge is 2.05. The molecular formula is C17H14ClFO. The molecule has 0 bridgehead atoms. The molecule has 1 nitrogen and oxygen atoms in total. The lowest BCUT2D eigenvalue weighted by molar-refractivity contribution is 0.104. The molecule has 0 heterocycles. The first-order valence-electron chi connectivity index (χ1n) is 6.37. The van der Waals surface area contributed by atoms with Crippen LogP contribution in [0.25, 0.3) is 6.08 Å². The van der Waals surface area contributed by atoms with Gasteiger partial charge in [0.25, 0.3) is 0 Å². The highest BCUT2D eigenvalue weighted by Crippen LogP contribution is 2.20. The second-order valence-corrected chi connectivity index (χ2v) is 4.79. The van der Waals surface area contributed by atoms with Gasteiger partial charge in [0, 0.05) is 11.1 Å². The average Bonchev–Trinajstić information content (AvgIpc) is 2.46. The van der Waals surface area contributed by atoms with Crippen LogP contribution < -0.4 is 0 Å². The molecule has 0 amide bonds. The Balaban J connectivity index is 2.20. The molecule has 0 atom stereocenters. The summed E-state index contributed by atoms with van der Waals surface area (Å²) in [6, 6.07) is 11.8. The van der Waals surface area contributed by atoms with Crippen LogP contribution in [0.1, 0.15) is 28.4 Å². The molecular weight excluding hydrogens is 275 g/mol. The normalized spacial score (nSPS) is 10.9. The Morgan fingerprint density at radius 2 is 1.90 bits per heavy atom. The minimum absolute atomic E-state index is 0.174. The standard InChI is InChI=1S/C17H14ClFO/c1-2-12-6-8-13(9-7-12)17(20)11-10-14-15(18)4-3-5-16(14)19/h3-11H,2H2,1H3/b11-10+. The lowest BCUT2D eigenvalue weighted by Gasteiger charge is -2.01. The van der Waals surface area contributed by atoms with Gasteiger partial charge in [-0.2, -0.15) is 0 Å². The quantitative estimate of drug-likeness (QED) is 0.575. The largest absolute Gasteiger partial charge is 0.289 e. The first-order valence-corrected chi connectivity index (χ1v) is 6.75. The highest BCUT2D eigenvalue weighted by molar-refractivity contribution is 6.32. The van der Waals surface area contributed by atoms with E-state index in [0.29, 0.717) is 5.56 Å². The Bertz CT molecular complexity index is 624. The second-order valence-electron chi connectivity index (χ2n) is 4.38. The summed E-state index contributed by atoms with van der Waals surface area (Å²) >= 11 is 5.90. The first kappa shape index (κ1) is 14.5. The number of carbonyl (C=O) groups excluding carboxylic acids is 1. The minimum Gasteiger partial charge on any atom is -0.289 e. The van der Waals surface area contributed by atoms with Crippen LogP contribution in [0.5, 0.6) is 0 Å².